The summed E-state index contributed by atoms with van der Waals surface area (Å²) in [7, 11) is 8.49. The Balaban J connectivity index is 2.00. The molecule has 0 amide bonds. The summed E-state index contributed by atoms with van der Waals surface area (Å²) in [6.07, 6.45) is 0. The van der Waals surface area contributed by atoms with Crippen LogP contribution in [0.3, 0.4) is 0 Å². The molecule has 0 spiro atoms. The zero-order valence-corrected chi connectivity index (χ0v) is 24.2. The molecular weight excluding hydrogens is 592 g/mol. The number of carbonyl (C=O) groups excluding carboxylic acids is 3. The van der Waals surface area contributed by atoms with Crippen molar-refractivity contribution in [1.82, 2.24) is 0 Å². The van der Waals surface area contributed by atoms with Crippen LogP contribution >= 0.6 is 15.9 Å². The van der Waals surface area contributed by atoms with Crippen LogP contribution < -0.4 is 37.9 Å². The summed E-state index contributed by atoms with van der Waals surface area (Å²) in [6.45, 7) is 0. The molecule has 0 aliphatic rings. The lowest BCUT2D eigenvalue weighted by atomic mass is 10.1. The van der Waals surface area contributed by atoms with Crippen molar-refractivity contribution in [2.75, 3.05) is 48.0 Å². The van der Waals surface area contributed by atoms with Gasteiger partial charge in [-0.2, -0.15) is 0 Å². The van der Waals surface area contributed by atoms with E-state index in [1.165, 1.54) is 85.1 Å². The first-order valence-corrected chi connectivity index (χ1v) is 12.6. The standard InChI is InChI=1S/C28H27BrO11/c1-33-20-10-15(11-21(34-2)25(20)37-5)27(31)39-18-8-7-9-19(24(18)17(30)14-29)40-28(32)16-12-22(35-3)26(38-6)23(13-16)36-4/h7-13H,14H2,1-6H3. The lowest BCUT2D eigenvalue weighted by molar-refractivity contribution is 0.0728. The molecule has 0 atom stereocenters. The quantitative estimate of drug-likeness (QED) is 0.121. The maximum Gasteiger partial charge on any atom is 0.343 e. The van der Waals surface area contributed by atoms with Crippen LogP contribution in [0, 0.1) is 0 Å². The van der Waals surface area contributed by atoms with Gasteiger partial charge in [0.25, 0.3) is 0 Å². The Labute approximate surface area is 238 Å². The van der Waals surface area contributed by atoms with Crippen LogP contribution in [0.15, 0.2) is 42.5 Å². The van der Waals surface area contributed by atoms with Crippen LogP contribution in [0.2, 0.25) is 0 Å². The highest BCUT2D eigenvalue weighted by atomic mass is 79.9. The molecular formula is C28H27BrO11. The summed E-state index contributed by atoms with van der Waals surface area (Å²) >= 11 is 3.12. The smallest absolute Gasteiger partial charge is 0.343 e. The van der Waals surface area contributed by atoms with E-state index in [4.69, 9.17) is 37.9 Å². The van der Waals surface area contributed by atoms with Crippen LogP contribution in [0.4, 0.5) is 0 Å². The largest absolute Gasteiger partial charge is 0.493 e. The Morgan fingerprint density at radius 1 is 0.575 bits per heavy atom. The first-order chi connectivity index (χ1) is 19.3. The molecule has 3 rings (SSSR count). The zero-order chi connectivity index (χ0) is 29.4. The van der Waals surface area contributed by atoms with E-state index < -0.39 is 17.7 Å². The number of carbonyl (C=O) groups is 3. The number of benzene rings is 3. The maximum atomic E-state index is 13.1. The Morgan fingerprint density at radius 3 is 1.20 bits per heavy atom. The van der Waals surface area contributed by atoms with Gasteiger partial charge in [-0.25, -0.2) is 9.59 Å². The minimum absolute atomic E-state index is 0.0616. The first-order valence-electron chi connectivity index (χ1n) is 11.5. The predicted molar refractivity (Wildman–Crippen MR) is 147 cm³/mol. The molecule has 3 aromatic carbocycles. The van der Waals surface area contributed by atoms with Crippen molar-refractivity contribution in [2.45, 2.75) is 0 Å². The van der Waals surface area contributed by atoms with Crippen LogP contribution in [0.5, 0.6) is 46.0 Å². The number of alkyl halides is 1. The molecule has 0 aliphatic carbocycles. The molecule has 0 saturated heterocycles. The van der Waals surface area contributed by atoms with Crippen molar-refractivity contribution in [2.24, 2.45) is 0 Å². The van der Waals surface area contributed by atoms with Gasteiger partial charge in [-0.15, -0.1) is 0 Å². The molecule has 0 unspecified atom stereocenters. The van der Waals surface area contributed by atoms with Gasteiger partial charge in [0.1, 0.15) is 17.1 Å². The Hall–Kier alpha value is -4.45. The van der Waals surface area contributed by atoms with Gasteiger partial charge in [-0.05, 0) is 36.4 Å². The average Bonchev–Trinajstić information content (AvgIpc) is 2.98. The molecule has 0 saturated carbocycles. The third-order valence-corrected chi connectivity index (χ3v) is 6.10. The molecule has 0 fully saturated rings. The molecule has 212 valence electrons. The van der Waals surface area contributed by atoms with Crippen molar-refractivity contribution in [3.05, 3.63) is 59.2 Å². The summed E-state index contributed by atoms with van der Waals surface area (Å²) in [6, 6.07) is 9.91. The van der Waals surface area contributed by atoms with Gasteiger partial charge in [-0.3, -0.25) is 4.79 Å². The van der Waals surface area contributed by atoms with E-state index in [1.54, 1.807) is 0 Å². The van der Waals surface area contributed by atoms with Gasteiger partial charge in [0, 0.05) is 0 Å². The van der Waals surface area contributed by atoms with Crippen molar-refractivity contribution in [1.29, 1.82) is 0 Å². The second-order valence-electron chi connectivity index (χ2n) is 7.79. The van der Waals surface area contributed by atoms with Crippen LogP contribution in [-0.2, 0) is 0 Å². The van der Waals surface area contributed by atoms with E-state index >= 15 is 0 Å². The minimum atomic E-state index is -0.823. The third-order valence-electron chi connectivity index (χ3n) is 5.59. The molecule has 0 N–H and O–H groups in total. The number of ether oxygens (including phenoxy) is 8. The molecule has 3 aromatic rings. The Morgan fingerprint density at radius 2 is 0.925 bits per heavy atom. The third kappa shape index (κ3) is 6.23. The van der Waals surface area contributed by atoms with Crippen molar-refractivity contribution in [3.63, 3.8) is 0 Å². The fourth-order valence-electron chi connectivity index (χ4n) is 3.74. The number of methoxy groups -OCH3 is 6. The van der Waals surface area contributed by atoms with Gasteiger partial charge in [-0.1, -0.05) is 22.0 Å². The lowest BCUT2D eigenvalue weighted by Gasteiger charge is -2.16. The van der Waals surface area contributed by atoms with Crippen LogP contribution in [0.1, 0.15) is 31.1 Å². The zero-order valence-electron chi connectivity index (χ0n) is 22.6. The van der Waals surface area contributed by atoms with E-state index in [1.807, 2.05) is 0 Å². The molecule has 12 heteroatoms. The second kappa shape index (κ2) is 13.6. The number of ketones is 1. The number of esters is 2. The van der Waals surface area contributed by atoms with E-state index in [0.29, 0.717) is 0 Å². The highest BCUT2D eigenvalue weighted by molar-refractivity contribution is 9.09. The van der Waals surface area contributed by atoms with E-state index in [0.717, 1.165) is 0 Å². The molecule has 0 radical (unpaired) electrons. The topological polar surface area (TPSA) is 125 Å². The first kappa shape index (κ1) is 30.1. The average molecular weight is 619 g/mol. The highest BCUT2D eigenvalue weighted by Crippen LogP contribution is 2.40. The van der Waals surface area contributed by atoms with E-state index in [2.05, 4.69) is 15.9 Å². The summed E-state index contributed by atoms with van der Waals surface area (Å²) in [5.74, 6) is -0.881. The predicted octanol–water partition coefficient (Wildman–Crippen LogP) is 4.75. The molecule has 11 nitrogen and oxygen atoms in total. The fraction of sp³-hybridized carbons (Fsp3) is 0.250. The monoisotopic (exact) mass is 618 g/mol. The molecule has 0 aliphatic heterocycles. The van der Waals surface area contributed by atoms with Crippen LogP contribution in [0.25, 0.3) is 0 Å². The van der Waals surface area contributed by atoms with Gasteiger partial charge < -0.3 is 37.9 Å². The molecule has 40 heavy (non-hydrogen) atoms. The number of Topliss-reactive ketones (excluding diaryl/α,β-unsaturated/α-hetero) is 1. The van der Waals surface area contributed by atoms with Gasteiger partial charge >= 0.3 is 11.9 Å². The fourth-order valence-corrected chi connectivity index (χ4v) is 4.02. The second-order valence-corrected chi connectivity index (χ2v) is 8.35. The lowest BCUT2D eigenvalue weighted by Crippen LogP contribution is -2.16. The Kier molecular flexibility index (Phi) is 10.2. The highest BCUT2D eigenvalue weighted by Gasteiger charge is 2.25. The van der Waals surface area contributed by atoms with Crippen LogP contribution in [-0.4, -0.2) is 65.7 Å². The maximum absolute atomic E-state index is 13.1. The summed E-state index contributed by atoms with van der Waals surface area (Å²) in [5.41, 5.74) is -0.000850. The number of halogens is 1. The summed E-state index contributed by atoms with van der Waals surface area (Å²) < 4.78 is 42.9. The minimum Gasteiger partial charge on any atom is -0.493 e. The number of hydrogen-bond acceptors (Lipinski definition) is 11. The number of hydrogen-bond donors (Lipinski definition) is 0. The number of rotatable bonds is 12. The van der Waals surface area contributed by atoms with E-state index in [9.17, 15) is 14.4 Å². The molecule has 0 bridgehead atoms. The van der Waals surface area contributed by atoms with Gasteiger partial charge in [0.15, 0.2) is 28.8 Å². The Bertz CT molecular complexity index is 1270. The molecule has 0 heterocycles. The van der Waals surface area contributed by atoms with E-state index in [-0.39, 0.29) is 68.0 Å². The van der Waals surface area contributed by atoms with Crippen molar-refractivity contribution >= 4 is 33.7 Å². The van der Waals surface area contributed by atoms with Gasteiger partial charge in [0.05, 0.1) is 59.1 Å². The van der Waals surface area contributed by atoms with Crippen molar-refractivity contribution in [3.8, 4) is 46.0 Å². The van der Waals surface area contributed by atoms with Gasteiger partial charge in [0.2, 0.25) is 11.5 Å². The van der Waals surface area contributed by atoms with Crippen molar-refractivity contribution < 1.29 is 52.3 Å². The summed E-state index contributed by atoms with van der Waals surface area (Å²) in [5, 5.41) is -0.138. The normalized spacial score (nSPS) is 10.3. The summed E-state index contributed by atoms with van der Waals surface area (Å²) in [4.78, 5) is 39.2. The molecule has 0 aromatic heterocycles. The SMILES string of the molecule is COc1cc(C(=O)Oc2cccc(OC(=O)c3cc(OC)c(OC)c(OC)c3)c2C(=O)CBr)cc(OC)c1OC.